The smallest absolute Gasteiger partial charge is 0.301 e. The van der Waals surface area contributed by atoms with E-state index in [-0.39, 0.29) is 16.9 Å². The molecule has 1 N–H and O–H groups in total. The predicted octanol–water partition coefficient (Wildman–Crippen LogP) is 5.12. The van der Waals surface area contributed by atoms with E-state index in [1.807, 2.05) is 38.1 Å². The van der Waals surface area contributed by atoms with Crippen molar-refractivity contribution < 1.29 is 24.2 Å². The van der Waals surface area contributed by atoms with Crippen LogP contribution in [0.4, 0.5) is 5.13 Å². The van der Waals surface area contributed by atoms with Crippen molar-refractivity contribution in [1.82, 2.24) is 9.97 Å². The Morgan fingerprint density at radius 3 is 2.58 bits per heavy atom. The Morgan fingerprint density at radius 1 is 1.06 bits per heavy atom. The summed E-state index contributed by atoms with van der Waals surface area (Å²) < 4.78 is 12.2. The van der Waals surface area contributed by atoms with Crippen molar-refractivity contribution in [2.45, 2.75) is 19.9 Å². The van der Waals surface area contributed by atoms with Crippen molar-refractivity contribution in [2.75, 3.05) is 18.1 Å². The molecule has 2 aromatic heterocycles. The third kappa shape index (κ3) is 4.07. The lowest BCUT2D eigenvalue weighted by Crippen LogP contribution is -2.29. The summed E-state index contributed by atoms with van der Waals surface area (Å²) in [7, 11) is 0. The number of fused-ring (bicyclic) bond motifs is 1. The Morgan fingerprint density at radius 2 is 1.86 bits per heavy atom. The van der Waals surface area contributed by atoms with Crippen LogP contribution in [0.1, 0.15) is 31.0 Å². The zero-order valence-electron chi connectivity index (χ0n) is 19.7. The minimum absolute atomic E-state index is 0.0580. The molecule has 182 valence electrons. The van der Waals surface area contributed by atoms with Crippen molar-refractivity contribution in [1.29, 1.82) is 0 Å². The first kappa shape index (κ1) is 23.5. The highest BCUT2D eigenvalue weighted by atomic mass is 32.1. The third-order valence-corrected chi connectivity index (χ3v) is 6.79. The molecule has 0 aliphatic carbocycles. The number of pyridine rings is 1. The Balaban J connectivity index is 1.71. The number of anilines is 1. The molecule has 5 rings (SSSR count). The predicted molar refractivity (Wildman–Crippen MR) is 137 cm³/mol. The quantitative estimate of drug-likeness (QED) is 0.213. The highest BCUT2D eigenvalue weighted by Gasteiger charge is 2.48. The summed E-state index contributed by atoms with van der Waals surface area (Å²) in [4.78, 5) is 36.9. The van der Waals surface area contributed by atoms with Crippen LogP contribution in [0, 0.1) is 0 Å². The fraction of sp³-hybridized carbons (Fsp3) is 0.185. The molecule has 0 spiro atoms. The summed E-state index contributed by atoms with van der Waals surface area (Å²) in [6.07, 6.45) is 3.18. The number of ketones is 1. The summed E-state index contributed by atoms with van der Waals surface area (Å²) in [5.74, 6) is -1.00. The summed E-state index contributed by atoms with van der Waals surface area (Å²) in [6.45, 7) is 4.48. The van der Waals surface area contributed by atoms with Gasteiger partial charge >= 0.3 is 5.91 Å². The number of aliphatic hydroxyl groups excluding tert-OH is 1. The number of Topliss-reactive ketones (excluding diaryl/α,β-unsaturated/α-hetero) is 1. The first-order valence-electron chi connectivity index (χ1n) is 11.5. The first-order chi connectivity index (χ1) is 17.5. The van der Waals surface area contributed by atoms with Gasteiger partial charge < -0.3 is 14.6 Å². The number of ether oxygens (including phenoxy) is 2. The summed E-state index contributed by atoms with van der Waals surface area (Å²) in [5, 5.41) is 11.9. The number of hydrogen-bond donors (Lipinski definition) is 1. The number of nitrogens with zero attached hydrogens (tertiary/aromatic N) is 3. The molecule has 1 saturated heterocycles. The Kier molecular flexibility index (Phi) is 6.39. The number of rotatable bonds is 7. The lowest BCUT2D eigenvalue weighted by Gasteiger charge is -2.23. The van der Waals surface area contributed by atoms with Gasteiger partial charge in [-0.3, -0.25) is 19.5 Å². The second-order valence-corrected chi connectivity index (χ2v) is 8.95. The second kappa shape index (κ2) is 9.79. The van der Waals surface area contributed by atoms with Crippen LogP contribution in [-0.2, 0) is 9.59 Å². The average molecular weight is 502 g/mol. The van der Waals surface area contributed by atoms with Crippen LogP contribution in [0.3, 0.4) is 0 Å². The molecule has 2 aromatic carbocycles. The first-order valence-corrected chi connectivity index (χ1v) is 12.3. The van der Waals surface area contributed by atoms with Gasteiger partial charge in [0, 0.05) is 18.5 Å². The van der Waals surface area contributed by atoms with Gasteiger partial charge in [0.25, 0.3) is 5.78 Å². The van der Waals surface area contributed by atoms with Crippen LogP contribution in [0.15, 0.2) is 72.6 Å². The third-order valence-electron chi connectivity index (χ3n) is 5.75. The van der Waals surface area contributed by atoms with Crippen molar-refractivity contribution in [2.24, 2.45) is 0 Å². The van der Waals surface area contributed by atoms with Gasteiger partial charge in [-0.25, -0.2) is 4.98 Å². The molecule has 0 radical (unpaired) electrons. The van der Waals surface area contributed by atoms with E-state index in [0.717, 1.165) is 10.2 Å². The number of hydrogen-bond acceptors (Lipinski definition) is 8. The normalized spacial score (nSPS) is 17.1. The summed E-state index contributed by atoms with van der Waals surface area (Å²) in [5.41, 5.74) is 1.52. The van der Waals surface area contributed by atoms with Gasteiger partial charge in [0.15, 0.2) is 5.13 Å². The van der Waals surface area contributed by atoms with Gasteiger partial charge in [-0.2, -0.15) is 0 Å². The number of para-hydroxylation sites is 1. The number of thiazole rings is 1. The molecule has 1 unspecified atom stereocenters. The minimum atomic E-state index is -0.916. The number of aliphatic hydroxyl groups is 1. The Bertz CT molecular complexity index is 1450. The van der Waals surface area contributed by atoms with Crippen molar-refractivity contribution >= 4 is 44.1 Å². The molecule has 3 heterocycles. The highest BCUT2D eigenvalue weighted by molar-refractivity contribution is 7.22. The van der Waals surface area contributed by atoms with Gasteiger partial charge in [0.1, 0.15) is 17.3 Å². The van der Waals surface area contributed by atoms with Gasteiger partial charge in [0.05, 0.1) is 40.6 Å². The molecule has 36 heavy (non-hydrogen) atoms. The molecule has 9 heteroatoms. The molecule has 1 aliphatic rings. The van der Waals surface area contributed by atoms with Crippen LogP contribution in [0.25, 0.3) is 16.0 Å². The fourth-order valence-electron chi connectivity index (χ4n) is 4.22. The SMILES string of the molecule is CCOc1ccc(/C(O)=C2\C(=O)C(=O)N(c3nc4ccccc4s3)C2c2cccnc2)c(OCC)c1. The molecule has 1 fully saturated rings. The lowest BCUT2D eigenvalue weighted by atomic mass is 9.96. The standard InChI is InChI=1S/C27H23N3O5S/c1-3-34-17-11-12-18(20(14-17)35-4-2)24(31)22-23(16-8-7-13-28-15-16)30(26(33)25(22)32)27-29-19-9-5-6-10-21(19)36-27/h5-15,23,31H,3-4H2,1-2H3/b24-22+. The molecule has 1 atom stereocenters. The van der Waals surface area contributed by atoms with E-state index in [0.29, 0.717) is 35.4 Å². The molecule has 0 bridgehead atoms. The van der Waals surface area contributed by atoms with Gasteiger partial charge in [-0.1, -0.05) is 29.5 Å². The van der Waals surface area contributed by atoms with E-state index < -0.39 is 17.7 Å². The molecule has 8 nitrogen and oxygen atoms in total. The van der Waals surface area contributed by atoms with Gasteiger partial charge in [-0.15, -0.1) is 0 Å². The van der Waals surface area contributed by atoms with E-state index in [1.54, 1.807) is 42.7 Å². The van der Waals surface area contributed by atoms with Crippen LogP contribution in [0.5, 0.6) is 11.5 Å². The fourth-order valence-corrected chi connectivity index (χ4v) is 5.21. The molecule has 4 aromatic rings. The largest absolute Gasteiger partial charge is 0.507 e. The topological polar surface area (TPSA) is 102 Å². The summed E-state index contributed by atoms with van der Waals surface area (Å²) >= 11 is 1.30. The highest BCUT2D eigenvalue weighted by Crippen LogP contribution is 2.45. The molecule has 0 saturated carbocycles. The number of aromatic nitrogens is 2. The molecular weight excluding hydrogens is 478 g/mol. The van der Waals surface area contributed by atoms with Gasteiger partial charge in [-0.05, 0) is 49.7 Å². The van der Waals surface area contributed by atoms with E-state index in [4.69, 9.17) is 9.47 Å². The van der Waals surface area contributed by atoms with Gasteiger partial charge in [0.2, 0.25) is 0 Å². The number of benzene rings is 2. The molecule has 1 amide bonds. The minimum Gasteiger partial charge on any atom is -0.507 e. The lowest BCUT2D eigenvalue weighted by molar-refractivity contribution is -0.132. The van der Waals surface area contributed by atoms with Crippen molar-refractivity contribution in [3.05, 3.63) is 83.7 Å². The van der Waals surface area contributed by atoms with E-state index in [9.17, 15) is 14.7 Å². The zero-order valence-corrected chi connectivity index (χ0v) is 20.5. The second-order valence-electron chi connectivity index (χ2n) is 7.94. The maximum Gasteiger partial charge on any atom is 0.301 e. The van der Waals surface area contributed by atoms with Crippen LogP contribution in [-0.4, -0.2) is 40.0 Å². The van der Waals surface area contributed by atoms with Crippen LogP contribution >= 0.6 is 11.3 Å². The number of carbonyl (C=O) groups is 2. The summed E-state index contributed by atoms with van der Waals surface area (Å²) in [6, 6.07) is 15.0. The Hall–Kier alpha value is -4.24. The van der Waals surface area contributed by atoms with E-state index in [2.05, 4.69) is 9.97 Å². The monoisotopic (exact) mass is 501 g/mol. The van der Waals surface area contributed by atoms with Crippen LogP contribution in [0.2, 0.25) is 0 Å². The molecule has 1 aliphatic heterocycles. The van der Waals surface area contributed by atoms with Crippen molar-refractivity contribution in [3.63, 3.8) is 0 Å². The van der Waals surface area contributed by atoms with E-state index in [1.165, 1.54) is 16.2 Å². The molecular formula is C27H23N3O5S. The van der Waals surface area contributed by atoms with Crippen LogP contribution < -0.4 is 14.4 Å². The Labute approximate surface area is 211 Å². The zero-order chi connectivity index (χ0) is 25.2. The van der Waals surface area contributed by atoms with E-state index >= 15 is 0 Å². The maximum atomic E-state index is 13.4. The number of amides is 1. The maximum absolute atomic E-state index is 13.4. The van der Waals surface area contributed by atoms with Crippen molar-refractivity contribution in [3.8, 4) is 11.5 Å². The number of carbonyl (C=O) groups excluding carboxylic acids is 2. The average Bonchev–Trinajstić information content (AvgIpc) is 3.43.